The van der Waals surface area contributed by atoms with Crippen molar-refractivity contribution in [1.29, 1.82) is 0 Å². The molecule has 5 N–H and O–H groups in total. The maximum Gasteiger partial charge on any atom is 0.267 e. The number of rotatable bonds is 1. The van der Waals surface area contributed by atoms with E-state index in [0.29, 0.717) is 11.3 Å². The molecule has 0 aliphatic heterocycles. The van der Waals surface area contributed by atoms with Gasteiger partial charge < -0.3 is 5.73 Å². The Labute approximate surface area is 64.2 Å². The molecule has 0 aliphatic rings. The van der Waals surface area contributed by atoms with E-state index < -0.39 is 0 Å². The molecule has 0 heterocycles. The zero-order valence-corrected chi connectivity index (χ0v) is 5.87. The lowest BCUT2D eigenvalue weighted by molar-refractivity contribution is 0.0954. The molecule has 58 valence electrons. The second kappa shape index (κ2) is 3.03. The molecule has 1 aromatic carbocycles. The molecule has 1 rings (SSSR count). The molecule has 4 heteroatoms. The first-order valence-electron chi connectivity index (χ1n) is 3.11. The standard InChI is InChI=1S/C7H9N3O/c8-6-4-2-1-3-5(6)7(11)10-9/h1-4H,8-9H2,(H,10,11). The van der Waals surface area contributed by atoms with Gasteiger partial charge in [0.25, 0.3) is 5.91 Å². The van der Waals surface area contributed by atoms with Crippen LogP contribution in [0.2, 0.25) is 0 Å². The summed E-state index contributed by atoms with van der Waals surface area (Å²) in [7, 11) is 0. The average molecular weight is 151 g/mol. The van der Waals surface area contributed by atoms with Crippen LogP contribution < -0.4 is 17.0 Å². The molecule has 0 saturated carbocycles. The highest BCUT2D eigenvalue weighted by Crippen LogP contribution is 2.08. The molecule has 0 aliphatic carbocycles. The van der Waals surface area contributed by atoms with Crippen molar-refractivity contribution in [2.24, 2.45) is 5.84 Å². The predicted molar refractivity (Wildman–Crippen MR) is 42.5 cm³/mol. The van der Waals surface area contributed by atoms with Crippen molar-refractivity contribution in [1.82, 2.24) is 5.43 Å². The van der Waals surface area contributed by atoms with E-state index in [1.807, 2.05) is 5.43 Å². The van der Waals surface area contributed by atoms with Crippen LogP contribution in [0.5, 0.6) is 0 Å². The summed E-state index contributed by atoms with van der Waals surface area (Å²) in [6.07, 6.45) is 0. The van der Waals surface area contributed by atoms with Crippen molar-refractivity contribution in [3.05, 3.63) is 29.8 Å². The summed E-state index contributed by atoms with van der Waals surface area (Å²) in [5.74, 6) is 4.55. The van der Waals surface area contributed by atoms with Crippen LogP contribution >= 0.6 is 0 Å². The van der Waals surface area contributed by atoms with Crippen LogP contribution in [0.3, 0.4) is 0 Å². The number of carbonyl (C=O) groups excluding carboxylic acids is 1. The lowest BCUT2D eigenvalue weighted by atomic mass is 10.2. The first-order valence-corrected chi connectivity index (χ1v) is 3.11. The third-order valence-corrected chi connectivity index (χ3v) is 1.34. The van der Waals surface area contributed by atoms with Crippen LogP contribution in [-0.2, 0) is 0 Å². The number of hydrogen-bond acceptors (Lipinski definition) is 3. The number of anilines is 1. The molecule has 0 atom stereocenters. The van der Waals surface area contributed by atoms with Gasteiger partial charge in [0.05, 0.1) is 5.56 Å². The number of nitrogens with one attached hydrogen (secondary N) is 1. The van der Waals surface area contributed by atoms with Gasteiger partial charge in [-0.3, -0.25) is 10.2 Å². The zero-order chi connectivity index (χ0) is 8.27. The van der Waals surface area contributed by atoms with E-state index in [-0.39, 0.29) is 5.91 Å². The number of hydrogen-bond donors (Lipinski definition) is 3. The second-order valence-electron chi connectivity index (χ2n) is 2.06. The third-order valence-electron chi connectivity index (χ3n) is 1.34. The van der Waals surface area contributed by atoms with Crippen LogP contribution in [0.15, 0.2) is 24.3 Å². The monoisotopic (exact) mass is 151 g/mol. The van der Waals surface area contributed by atoms with E-state index in [2.05, 4.69) is 0 Å². The fourth-order valence-electron chi connectivity index (χ4n) is 0.782. The first-order chi connectivity index (χ1) is 5.25. The largest absolute Gasteiger partial charge is 0.398 e. The van der Waals surface area contributed by atoms with Crippen molar-refractivity contribution >= 4 is 11.6 Å². The Morgan fingerprint density at radius 1 is 1.36 bits per heavy atom. The Morgan fingerprint density at radius 3 is 2.55 bits per heavy atom. The summed E-state index contributed by atoms with van der Waals surface area (Å²) < 4.78 is 0. The number of nitrogen functional groups attached to an aromatic ring is 2. The molecule has 0 saturated heterocycles. The van der Waals surface area contributed by atoms with Gasteiger partial charge in [0, 0.05) is 5.69 Å². The molecule has 0 spiro atoms. The van der Waals surface area contributed by atoms with Gasteiger partial charge in [0.1, 0.15) is 0 Å². The van der Waals surface area contributed by atoms with E-state index in [1.54, 1.807) is 24.3 Å². The Balaban J connectivity index is 3.03. The van der Waals surface area contributed by atoms with Crippen LogP contribution in [0.4, 0.5) is 5.69 Å². The van der Waals surface area contributed by atoms with Crippen LogP contribution in [0, 0.1) is 0 Å². The van der Waals surface area contributed by atoms with Gasteiger partial charge >= 0.3 is 0 Å². The second-order valence-corrected chi connectivity index (χ2v) is 2.06. The van der Waals surface area contributed by atoms with Gasteiger partial charge in [0.15, 0.2) is 0 Å². The normalized spacial score (nSPS) is 9.18. The van der Waals surface area contributed by atoms with Gasteiger partial charge in [-0.05, 0) is 12.1 Å². The zero-order valence-electron chi connectivity index (χ0n) is 5.87. The van der Waals surface area contributed by atoms with Crippen LogP contribution in [-0.4, -0.2) is 5.91 Å². The summed E-state index contributed by atoms with van der Waals surface area (Å²) in [4.78, 5) is 10.9. The summed E-state index contributed by atoms with van der Waals surface area (Å²) in [6.45, 7) is 0. The highest BCUT2D eigenvalue weighted by molar-refractivity contribution is 5.98. The van der Waals surface area contributed by atoms with Crippen molar-refractivity contribution in [2.75, 3.05) is 5.73 Å². The summed E-state index contributed by atoms with van der Waals surface area (Å²) in [5, 5.41) is 0. The highest BCUT2D eigenvalue weighted by atomic mass is 16.2. The van der Waals surface area contributed by atoms with E-state index >= 15 is 0 Å². The van der Waals surface area contributed by atoms with Crippen molar-refractivity contribution in [2.45, 2.75) is 0 Å². The van der Waals surface area contributed by atoms with E-state index in [9.17, 15) is 4.79 Å². The lowest BCUT2D eigenvalue weighted by Crippen LogP contribution is -2.30. The maximum atomic E-state index is 10.9. The topological polar surface area (TPSA) is 81.1 Å². The van der Waals surface area contributed by atoms with Crippen molar-refractivity contribution < 1.29 is 4.79 Å². The highest BCUT2D eigenvalue weighted by Gasteiger charge is 2.04. The first kappa shape index (κ1) is 7.56. The summed E-state index contributed by atoms with van der Waals surface area (Å²) >= 11 is 0. The van der Waals surface area contributed by atoms with Gasteiger partial charge in [-0.2, -0.15) is 0 Å². The molecule has 0 bridgehead atoms. The summed E-state index contributed by atoms with van der Waals surface area (Å²) in [5.41, 5.74) is 8.31. The number of amides is 1. The minimum Gasteiger partial charge on any atom is -0.398 e. The SMILES string of the molecule is NNC(=O)c1ccccc1N. The minimum atomic E-state index is -0.372. The van der Waals surface area contributed by atoms with E-state index in [0.717, 1.165) is 0 Å². The molecular weight excluding hydrogens is 142 g/mol. The lowest BCUT2D eigenvalue weighted by Gasteiger charge is -2.01. The number of para-hydroxylation sites is 1. The Bertz CT molecular complexity index is 272. The molecule has 0 radical (unpaired) electrons. The molecule has 4 nitrogen and oxygen atoms in total. The molecule has 0 aromatic heterocycles. The van der Waals surface area contributed by atoms with Gasteiger partial charge in [-0.15, -0.1) is 0 Å². The predicted octanol–water partition coefficient (Wildman–Crippen LogP) is -0.128. The van der Waals surface area contributed by atoms with E-state index in [1.165, 1.54) is 0 Å². The fourth-order valence-corrected chi connectivity index (χ4v) is 0.782. The quantitative estimate of drug-likeness (QED) is 0.226. The van der Waals surface area contributed by atoms with Gasteiger partial charge in [-0.25, -0.2) is 5.84 Å². The molecule has 0 unspecified atom stereocenters. The molecule has 1 aromatic rings. The molecular formula is C7H9N3O. The Morgan fingerprint density at radius 2 is 2.00 bits per heavy atom. The Hall–Kier alpha value is -1.55. The average Bonchev–Trinajstić information content (AvgIpc) is 2.04. The van der Waals surface area contributed by atoms with Gasteiger partial charge in [0.2, 0.25) is 0 Å². The number of hydrazine groups is 1. The molecule has 0 fully saturated rings. The molecule has 11 heavy (non-hydrogen) atoms. The van der Waals surface area contributed by atoms with Crippen molar-refractivity contribution in [3.8, 4) is 0 Å². The number of nitrogens with two attached hydrogens (primary N) is 2. The number of benzene rings is 1. The van der Waals surface area contributed by atoms with Gasteiger partial charge in [-0.1, -0.05) is 12.1 Å². The minimum absolute atomic E-state index is 0.372. The maximum absolute atomic E-state index is 10.9. The van der Waals surface area contributed by atoms with Crippen LogP contribution in [0.25, 0.3) is 0 Å². The van der Waals surface area contributed by atoms with E-state index in [4.69, 9.17) is 11.6 Å². The smallest absolute Gasteiger partial charge is 0.267 e. The number of carbonyl (C=O) groups is 1. The fraction of sp³-hybridized carbons (Fsp3) is 0. The molecule has 1 amide bonds. The van der Waals surface area contributed by atoms with Crippen LogP contribution in [0.1, 0.15) is 10.4 Å². The van der Waals surface area contributed by atoms with Crippen molar-refractivity contribution in [3.63, 3.8) is 0 Å². The Kier molecular flexibility index (Phi) is 2.08. The summed E-state index contributed by atoms with van der Waals surface area (Å²) in [6, 6.07) is 6.73. The third kappa shape index (κ3) is 1.47.